The summed E-state index contributed by atoms with van der Waals surface area (Å²) in [7, 11) is 0. The van der Waals surface area contributed by atoms with E-state index >= 15 is 0 Å². The third-order valence-corrected chi connectivity index (χ3v) is 5.76. The summed E-state index contributed by atoms with van der Waals surface area (Å²) < 4.78 is 0. The third kappa shape index (κ3) is 4.14. The minimum atomic E-state index is -0.0429. The number of carbonyl (C=O) groups is 2. The molecule has 0 bridgehead atoms. The molecule has 0 radical (unpaired) electrons. The number of nitrogens with zero attached hydrogens (tertiary/aromatic N) is 3. The van der Waals surface area contributed by atoms with Crippen molar-refractivity contribution in [1.29, 1.82) is 0 Å². The first kappa shape index (κ1) is 19.0. The van der Waals surface area contributed by atoms with Crippen LogP contribution in [0.1, 0.15) is 31.7 Å². The Bertz CT molecular complexity index is 671. The molecule has 2 heterocycles. The van der Waals surface area contributed by atoms with Crippen molar-refractivity contribution in [3.05, 3.63) is 28.8 Å². The van der Waals surface area contributed by atoms with Crippen molar-refractivity contribution in [2.75, 3.05) is 44.2 Å². The molecule has 1 atom stereocenters. The molecule has 1 aromatic carbocycles. The van der Waals surface area contributed by atoms with E-state index in [0.717, 1.165) is 56.3 Å². The van der Waals surface area contributed by atoms with Crippen LogP contribution >= 0.6 is 11.6 Å². The number of piperidine rings is 1. The molecule has 2 amide bonds. The van der Waals surface area contributed by atoms with Crippen LogP contribution in [0.5, 0.6) is 0 Å². The first-order valence-corrected chi connectivity index (χ1v) is 9.95. The average Bonchev–Trinajstić information content (AvgIpc) is 2.69. The molecule has 3 rings (SSSR count). The number of piperazine rings is 1. The quantitative estimate of drug-likeness (QED) is 0.813. The summed E-state index contributed by atoms with van der Waals surface area (Å²) in [6.45, 7) is 8.42. The summed E-state index contributed by atoms with van der Waals surface area (Å²) in [6, 6.07) is 5.95. The van der Waals surface area contributed by atoms with Crippen molar-refractivity contribution in [2.45, 2.75) is 33.1 Å². The molecule has 2 fully saturated rings. The lowest BCUT2D eigenvalue weighted by atomic mass is 9.96. The van der Waals surface area contributed by atoms with Crippen LogP contribution in [0.3, 0.4) is 0 Å². The molecule has 2 aliphatic rings. The fraction of sp³-hybridized carbons (Fsp3) is 0.600. The van der Waals surface area contributed by atoms with Gasteiger partial charge in [-0.2, -0.15) is 0 Å². The van der Waals surface area contributed by atoms with E-state index in [4.69, 9.17) is 11.6 Å². The van der Waals surface area contributed by atoms with E-state index in [1.54, 1.807) is 0 Å². The highest BCUT2D eigenvalue weighted by atomic mass is 35.5. The van der Waals surface area contributed by atoms with Crippen LogP contribution in [-0.2, 0) is 9.59 Å². The number of carbonyl (C=O) groups excluding carboxylic acids is 2. The highest BCUT2D eigenvalue weighted by Gasteiger charge is 2.32. The van der Waals surface area contributed by atoms with Gasteiger partial charge in [-0.15, -0.1) is 0 Å². The molecule has 1 unspecified atom stereocenters. The van der Waals surface area contributed by atoms with E-state index in [1.165, 1.54) is 5.56 Å². The summed E-state index contributed by atoms with van der Waals surface area (Å²) in [6.07, 6.45) is 2.32. The molecular formula is C20H28ClN3O2. The topological polar surface area (TPSA) is 43.9 Å². The number of anilines is 1. The molecule has 26 heavy (non-hydrogen) atoms. The van der Waals surface area contributed by atoms with Crippen LogP contribution in [0.25, 0.3) is 0 Å². The molecule has 2 aliphatic heterocycles. The van der Waals surface area contributed by atoms with E-state index in [1.807, 2.05) is 34.9 Å². The third-order valence-electron chi connectivity index (χ3n) is 5.53. The van der Waals surface area contributed by atoms with Crippen LogP contribution in [0.4, 0.5) is 5.69 Å². The molecule has 5 nitrogen and oxygen atoms in total. The summed E-state index contributed by atoms with van der Waals surface area (Å²) in [4.78, 5) is 31.0. The smallest absolute Gasteiger partial charge is 0.227 e. The van der Waals surface area contributed by atoms with E-state index in [0.29, 0.717) is 13.0 Å². The minimum absolute atomic E-state index is 0.0429. The van der Waals surface area contributed by atoms with Crippen molar-refractivity contribution in [3.63, 3.8) is 0 Å². The van der Waals surface area contributed by atoms with Crippen LogP contribution in [0, 0.1) is 12.8 Å². The normalized spacial score (nSPS) is 21.0. The van der Waals surface area contributed by atoms with Crippen molar-refractivity contribution in [1.82, 2.24) is 9.80 Å². The van der Waals surface area contributed by atoms with Gasteiger partial charge in [-0.25, -0.2) is 0 Å². The Hall–Kier alpha value is -1.75. The van der Waals surface area contributed by atoms with Gasteiger partial charge in [0.15, 0.2) is 0 Å². The van der Waals surface area contributed by atoms with Gasteiger partial charge in [-0.05, 0) is 37.5 Å². The number of halogens is 1. The molecule has 0 saturated carbocycles. The highest BCUT2D eigenvalue weighted by Crippen LogP contribution is 2.26. The molecule has 6 heteroatoms. The van der Waals surface area contributed by atoms with Gasteiger partial charge in [0.25, 0.3) is 0 Å². The Labute approximate surface area is 160 Å². The first-order valence-electron chi connectivity index (χ1n) is 9.57. The molecule has 2 saturated heterocycles. The van der Waals surface area contributed by atoms with Crippen LogP contribution in [0.15, 0.2) is 18.2 Å². The monoisotopic (exact) mass is 377 g/mol. The van der Waals surface area contributed by atoms with Gasteiger partial charge < -0.3 is 14.7 Å². The maximum absolute atomic E-state index is 12.9. The Morgan fingerprint density at radius 2 is 1.85 bits per heavy atom. The van der Waals surface area contributed by atoms with Gasteiger partial charge in [0.1, 0.15) is 0 Å². The lowest BCUT2D eigenvalue weighted by Gasteiger charge is -2.40. The molecule has 0 N–H and O–H groups in total. The van der Waals surface area contributed by atoms with Crippen molar-refractivity contribution in [3.8, 4) is 0 Å². The first-order chi connectivity index (χ1) is 12.5. The second-order valence-corrected chi connectivity index (χ2v) is 7.71. The summed E-state index contributed by atoms with van der Waals surface area (Å²) in [5.41, 5.74) is 2.36. The minimum Gasteiger partial charge on any atom is -0.368 e. The maximum atomic E-state index is 12.9. The number of aryl methyl sites for hydroxylation is 1. The molecule has 1 aromatic rings. The second kappa shape index (κ2) is 8.30. The lowest BCUT2D eigenvalue weighted by molar-refractivity contribution is -0.141. The van der Waals surface area contributed by atoms with Gasteiger partial charge in [-0.3, -0.25) is 9.59 Å². The van der Waals surface area contributed by atoms with E-state index in [9.17, 15) is 9.59 Å². The lowest BCUT2D eigenvalue weighted by Crippen LogP contribution is -2.53. The maximum Gasteiger partial charge on any atom is 0.227 e. The molecular weight excluding hydrogens is 350 g/mol. The van der Waals surface area contributed by atoms with E-state index in [2.05, 4.69) is 11.8 Å². The van der Waals surface area contributed by atoms with Crippen molar-refractivity contribution < 1.29 is 9.59 Å². The SMILES string of the molecule is CCC(=O)N1CCCC(C(=O)N2CCN(c3cc(Cl)ccc3C)CC2)C1. The molecule has 0 aliphatic carbocycles. The van der Waals surface area contributed by atoms with E-state index in [-0.39, 0.29) is 17.7 Å². The van der Waals surface area contributed by atoms with Gasteiger partial charge in [-0.1, -0.05) is 24.6 Å². The number of hydrogen-bond donors (Lipinski definition) is 0. The van der Waals surface area contributed by atoms with Gasteiger partial charge >= 0.3 is 0 Å². The zero-order valence-electron chi connectivity index (χ0n) is 15.7. The summed E-state index contributed by atoms with van der Waals surface area (Å²) in [5.74, 6) is 0.323. The zero-order chi connectivity index (χ0) is 18.7. The van der Waals surface area contributed by atoms with Crippen molar-refractivity contribution in [2.24, 2.45) is 5.92 Å². The largest absolute Gasteiger partial charge is 0.368 e. The fourth-order valence-electron chi connectivity index (χ4n) is 3.98. The van der Waals surface area contributed by atoms with E-state index < -0.39 is 0 Å². The highest BCUT2D eigenvalue weighted by molar-refractivity contribution is 6.30. The molecule has 0 aromatic heterocycles. The number of amides is 2. The van der Waals surface area contributed by atoms with Gasteiger partial charge in [0.05, 0.1) is 5.92 Å². The van der Waals surface area contributed by atoms with Gasteiger partial charge in [0, 0.05) is 56.4 Å². The number of hydrogen-bond acceptors (Lipinski definition) is 3. The van der Waals surface area contributed by atoms with Crippen LogP contribution in [0.2, 0.25) is 5.02 Å². The predicted molar refractivity (Wildman–Crippen MR) is 105 cm³/mol. The van der Waals surface area contributed by atoms with Crippen LogP contribution in [-0.4, -0.2) is 60.9 Å². The Kier molecular flexibility index (Phi) is 6.07. The number of rotatable bonds is 3. The van der Waals surface area contributed by atoms with Crippen molar-refractivity contribution >= 4 is 29.1 Å². The number of benzene rings is 1. The Balaban J connectivity index is 1.58. The standard InChI is InChI=1S/C20H28ClN3O2/c1-3-19(25)24-8-4-5-16(14-24)20(26)23-11-9-22(10-12-23)18-13-17(21)7-6-15(18)2/h6-7,13,16H,3-5,8-12,14H2,1-2H3. The van der Waals surface area contributed by atoms with Gasteiger partial charge in [0.2, 0.25) is 11.8 Å². The summed E-state index contributed by atoms with van der Waals surface area (Å²) in [5, 5.41) is 0.743. The van der Waals surface area contributed by atoms with Crippen LogP contribution < -0.4 is 4.90 Å². The Morgan fingerprint density at radius 3 is 2.54 bits per heavy atom. The fourth-order valence-corrected chi connectivity index (χ4v) is 4.14. The molecule has 142 valence electrons. The Morgan fingerprint density at radius 1 is 1.12 bits per heavy atom. The zero-order valence-corrected chi connectivity index (χ0v) is 16.5. The summed E-state index contributed by atoms with van der Waals surface area (Å²) >= 11 is 6.14. The second-order valence-electron chi connectivity index (χ2n) is 7.28. The predicted octanol–water partition coefficient (Wildman–Crippen LogP) is 2.95. The average molecular weight is 378 g/mol. The molecule has 0 spiro atoms. The number of likely N-dealkylation sites (tertiary alicyclic amines) is 1.